The van der Waals surface area contributed by atoms with Gasteiger partial charge in [-0.05, 0) is 43.7 Å². The molecule has 3 nitrogen and oxygen atoms in total. The average Bonchev–Trinajstić information content (AvgIpc) is 2.74. The molecule has 1 aromatic heterocycles. The molecule has 0 aliphatic rings. The molecule has 2 rings (SSSR count). The lowest BCUT2D eigenvalue weighted by molar-refractivity contribution is 0.199. The van der Waals surface area contributed by atoms with Gasteiger partial charge >= 0.3 is 0 Å². The zero-order chi connectivity index (χ0) is 14.0. The Balaban J connectivity index is 2.17. The zero-order valence-corrected chi connectivity index (χ0v) is 11.4. The smallest absolute Gasteiger partial charge is 0.146 e. The molecular formula is C15H18FNO2. The van der Waals surface area contributed by atoms with Crippen molar-refractivity contribution in [3.05, 3.63) is 53.2 Å². The van der Waals surface area contributed by atoms with Gasteiger partial charge in [-0.25, -0.2) is 4.39 Å². The maximum absolute atomic E-state index is 14.0. The van der Waals surface area contributed by atoms with Crippen molar-refractivity contribution in [3.63, 3.8) is 0 Å². The van der Waals surface area contributed by atoms with Gasteiger partial charge in [0.25, 0.3) is 0 Å². The topological polar surface area (TPSA) is 36.6 Å². The Hall–Kier alpha value is -1.81. The molecule has 0 unspecified atom stereocenters. The van der Waals surface area contributed by atoms with E-state index in [0.29, 0.717) is 17.8 Å². The highest BCUT2D eigenvalue weighted by Crippen LogP contribution is 2.24. The number of aliphatic hydroxyl groups excluding tert-OH is 1. The van der Waals surface area contributed by atoms with Gasteiger partial charge in [-0.15, -0.1) is 0 Å². The third-order valence-corrected chi connectivity index (χ3v) is 3.05. The number of hydrogen-bond acceptors (Lipinski definition) is 3. The summed E-state index contributed by atoms with van der Waals surface area (Å²) in [7, 11) is 1.80. The van der Waals surface area contributed by atoms with Gasteiger partial charge in [0.1, 0.15) is 17.3 Å². The van der Waals surface area contributed by atoms with E-state index in [1.54, 1.807) is 31.0 Å². The number of anilines is 1. The van der Waals surface area contributed by atoms with E-state index in [-0.39, 0.29) is 5.82 Å². The molecule has 0 spiro atoms. The van der Waals surface area contributed by atoms with Crippen molar-refractivity contribution in [1.82, 2.24) is 0 Å². The van der Waals surface area contributed by atoms with Crippen molar-refractivity contribution < 1.29 is 13.9 Å². The SMILES string of the molecule is Cc1ccc(CN(C)c2ccc([C@@H](C)O)cc2F)o1. The van der Waals surface area contributed by atoms with E-state index in [2.05, 4.69) is 0 Å². The molecule has 19 heavy (non-hydrogen) atoms. The molecule has 0 saturated carbocycles. The van der Waals surface area contributed by atoms with Crippen LogP contribution in [0.25, 0.3) is 0 Å². The molecule has 1 N–H and O–H groups in total. The van der Waals surface area contributed by atoms with E-state index in [9.17, 15) is 9.50 Å². The van der Waals surface area contributed by atoms with Crippen molar-refractivity contribution in [2.24, 2.45) is 0 Å². The largest absolute Gasteiger partial charge is 0.464 e. The Morgan fingerprint density at radius 1 is 1.32 bits per heavy atom. The summed E-state index contributed by atoms with van der Waals surface area (Å²) >= 11 is 0. The number of aryl methyl sites for hydroxylation is 1. The van der Waals surface area contributed by atoms with Crippen LogP contribution in [-0.4, -0.2) is 12.2 Å². The second kappa shape index (κ2) is 5.45. The maximum Gasteiger partial charge on any atom is 0.146 e. The van der Waals surface area contributed by atoms with E-state index >= 15 is 0 Å². The maximum atomic E-state index is 14.0. The summed E-state index contributed by atoms with van der Waals surface area (Å²) in [6, 6.07) is 8.54. The second-order valence-electron chi connectivity index (χ2n) is 4.76. The van der Waals surface area contributed by atoms with Crippen molar-refractivity contribution in [1.29, 1.82) is 0 Å². The molecule has 0 aliphatic carbocycles. The molecule has 102 valence electrons. The van der Waals surface area contributed by atoms with Crippen molar-refractivity contribution in [2.45, 2.75) is 26.5 Å². The first-order chi connectivity index (χ1) is 8.97. The normalized spacial score (nSPS) is 12.5. The summed E-state index contributed by atoms with van der Waals surface area (Å²) in [6.07, 6.45) is -0.665. The number of aliphatic hydroxyl groups is 1. The number of rotatable bonds is 4. The molecule has 1 atom stereocenters. The van der Waals surface area contributed by atoms with Crippen LogP contribution in [0.4, 0.5) is 10.1 Å². The third-order valence-electron chi connectivity index (χ3n) is 3.05. The number of halogens is 1. The molecule has 2 aromatic rings. The van der Waals surface area contributed by atoms with Crippen molar-refractivity contribution in [2.75, 3.05) is 11.9 Å². The molecule has 0 saturated heterocycles. The number of nitrogens with zero attached hydrogens (tertiary/aromatic N) is 1. The Labute approximate surface area is 112 Å². The highest BCUT2D eigenvalue weighted by molar-refractivity contribution is 5.49. The molecule has 0 amide bonds. The molecule has 1 heterocycles. The number of hydrogen-bond donors (Lipinski definition) is 1. The van der Waals surface area contributed by atoms with Crippen LogP contribution in [0.15, 0.2) is 34.7 Å². The zero-order valence-electron chi connectivity index (χ0n) is 11.4. The van der Waals surface area contributed by atoms with E-state index in [4.69, 9.17) is 4.42 Å². The molecule has 0 aliphatic heterocycles. The summed E-state index contributed by atoms with van der Waals surface area (Å²) in [5.74, 6) is 1.29. The molecule has 4 heteroatoms. The van der Waals surface area contributed by atoms with Crippen LogP contribution >= 0.6 is 0 Å². The van der Waals surface area contributed by atoms with Gasteiger partial charge in [0.05, 0.1) is 18.3 Å². The number of benzene rings is 1. The highest BCUT2D eigenvalue weighted by atomic mass is 19.1. The minimum Gasteiger partial charge on any atom is -0.464 e. The summed E-state index contributed by atoms with van der Waals surface area (Å²) in [5, 5.41) is 9.42. The van der Waals surface area contributed by atoms with Crippen molar-refractivity contribution in [3.8, 4) is 0 Å². The predicted octanol–water partition coefficient (Wildman–Crippen LogP) is 3.42. The number of furan rings is 1. The van der Waals surface area contributed by atoms with E-state index in [1.165, 1.54) is 6.07 Å². The predicted molar refractivity (Wildman–Crippen MR) is 72.6 cm³/mol. The van der Waals surface area contributed by atoms with Crippen LogP contribution in [0.1, 0.15) is 30.1 Å². The molecule has 1 aromatic carbocycles. The Morgan fingerprint density at radius 3 is 2.58 bits per heavy atom. The molecule has 0 radical (unpaired) electrons. The first-order valence-corrected chi connectivity index (χ1v) is 6.21. The van der Waals surface area contributed by atoms with Gasteiger partial charge in [0.15, 0.2) is 0 Å². The minimum absolute atomic E-state index is 0.343. The standard InChI is InChI=1S/C15H18FNO2/c1-10-4-6-13(19-10)9-17(3)15-7-5-12(11(2)18)8-14(15)16/h4-8,11,18H,9H2,1-3H3/t11-/m1/s1. The van der Waals surface area contributed by atoms with Gasteiger partial charge in [-0.3, -0.25) is 0 Å². The van der Waals surface area contributed by atoms with Crippen LogP contribution in [0.3, 0.4) is 0 Å². The van der Waals surface area contributed by atoms with Crippen LogP contribution in [0, 0.1) is 12.7 Å². The molecule has 0 bridgehead atoms. The summed E-state index contributed by atoms with van der Waals surface area (Å²) in [4.78, 5) is 1.78. The van der Waals surface area contributed by atoms with Gasteiger partial charge in [0, 0.05) is 7.05 Å². The Morgan fingerprint density at radius 2 is 2.05 bits per heavy atom. The van der Waals surface area contributed by atoms with E-state index in [0.717, 1.165) is 11.5 Å². The lowest BCUT2D eigenvalue weighted by Gasteiger charge is -2.19. The van der Waals surface area contributed by atoms with E-state index < -0.39 is 6.10 Å². The third kappa shape index (κ3) is 3.15. The van der Waals surface area contributed by atoms with Crippen LogP contribution in [0.5, 0.6) is 0 Å². The summed E-state index contributed by atoms with van der Waals surface area (Å²) in [5.41, 5.74) is 1.06. The van der Waals surface area contributed by atoms with Crippen LogP contribution in [0.2, 0.25) is 0 Å². The monoisotopic (exact) mass is 263 g/mol. The van der Waals surface area contributed by atoms with E-state index in [1.807, 2.05) is 19.1 Å². The van der Waals surface area contributed by atoms with Gasteiger partial charge in [-0.2, -0.15) is 0 Å². The van der Waals surface area contributed by atoms with Crippen LogP contribution in [-0.2, 0) is 6.54 Å². The van der Waals surface area contributed by atoms with Crippen LogP contribution < -0.4 is 4.90 Å². The first kappa shape index (κ1) is 13.6. The fourth-order valence-electron chi connectivity index (χ4n) is 1.98. The highest BCUT2D eigenvalue weighted by Gasteiger charge is 2.12. The second-order valence-corrected chi connectivity index (χ2v) is 4.76. The molecular weight excluding hydrogens is 245 g/mol. The van der Waals surface area contributed by atoms with Gasteiger partial charge in [0.2, 0.25) is 0 Å². The fraction of sp³-hybridized carbons (Fsp3) is 0.333. The van der Waals surface area contributed by atoms with Crippen molar-refractivity contribution >= 4 is 5.69 Å². The van der Waals surface area contributed by atoms with Gasteiger partial charge in [-0.1, -0.05) is 6.07 Å². The first-order valence-electron chi connectivity index (χ1n) is 6.21. The average molecular weight is 263 g/mol. The van der Waals surface area contributed by atoms with Gasteiger partial charge < -0.3 is 14.4 Å². The summed E-state index contributed by atoms with van der Waals surface area (Å²) in [6.45, 7) is 3.99. The summed E-state index contributed by atoms with van der Waals surface area (Å²) < 4.78 is 19.5. The Kier molecular flexibility index (Phi) is 3.90. The molecule has 0 fully saturated rings. The minimum atomic E-state index is -0.665. The fourth-order valence-corrected chi connectivity index (χ4v) is 1.98. The Bertz CT molecular complexity index is 563. The quantitative estimate of drug-likeness (QED) is 0.918. The lowest BCUT2D eigenvalue weighted by Crippen LogP contribution is -2.17. The lowest BCUT2D eigenvalue weighted by atomic mass is 10.1.